The van der Waals surface area contributed by atoms with Crippen molar-refractivity contribution in [2.45, 2.75) is 25.1 Å². The van der Waals surface area contributed by atoms with E-state index in [4.69, 9.17) is 5.11 Å². The molecule has 1 heterocycles. The van der Waals surface area contributed by atoms with Gasteiger partial charge >= 0.3 is 12.1 Å². The van der Waals surface area contributed by atoms with Crippen LogP contribution in [0.15, 0.2) is 24.3 Å². The number of carbonyl (C=O) groups is 1. The average Bonchev–Trinajstić information content (AvgIpc) is 2.77. The van der Waals surface area contributed by atoms with Crippen LogP contribution in [0.5, 0.6) is 0 Å². The lowest BCUT2D eigenvalue weighted by Crippen LogP contribution is -2.29. The lowest BCUT2D eigenvalue weighted by atomic mass is 9.95. The number of rotatable bonds is 3. The quantitative estimate of drug-likeness (QED) is 0.902. The normalized spacial score (nSPS) is 22.4. The van der Waals surface area contributed by atoms with Gasteiger partial charge in [-0.15, -0.1) is 12.4 Å². The van der Waals surface area contributed by atoms with E-state index in [0.29, 0.717) is 24.9 Å². The summed E-state index contributed by atoms with van der Waals surface area (Å²) in [5, 5.41) is 11.7. The van der Waals surface area contributed by atoms with Crippen molar-refractivity contribution in [2.24, 2.45) is 5.92 Å². The van der Waals surface area contributed by atoms with Gasteiger partial charge in [0.1, 0.15) is 6.04 Å². The Kier molecular flexibility index (Phi) is 5.42. The Morgan fingerprint density at radius 2 is 2.10 bits per heavy atom. The lowest BCUT2D eigenvalue weighted by Gasteiger charge is -2.11. The molecule has 0 bridgehead atoms. The molecule has 0 unspecified atom stereocenters. The summed E-state index contributed by atoms with van der Waals surface area (Å²) in [5.41, 5.74) is -0.0709. The van der Waals surface area contributed by atoms with Gasteiger partial charge in [-0.1, -0.05) is 18.2 Å². The van der Waals surface area contributed by atoms with Crippen LogP contribution in [-0.4, -0.2) is 23.7 Å². The highest BCUT2D eigenvalue weighted by molar-refractivity contribution is 5.85. The molecule has 1 fully saturated rings. The van der Waals surface area contributed by atoms with Gasteiger partial charge in [0.05, 0.1) is 5.56 Å². The Bertz CT molecular complexity index is 479. The molecular formula is C13H15ClF3NO2. The molecule has 20 heavy (non-hydrogen) atoms. The van der Waals surface area contributed by atoms with Crippen molar-refractivity contribution >= 4 is 18.4 Å². The Morgan fingerprint density at radius 1 is 1.40 bits per heavy atom. The van der Waals surface area contributed by atoms with Crippen LogP contribution in [0.2, 0.25) is 0 Å². The fourth-order valence-corrected chi connectivity index (χ4v) is 2.36. The van der Waals surface area contributed by atoms with E-state index in [1.165, 1.54) is 6.07 Å². The molecule has 0 spiro atoms. The second-order valence-corrected chi connectivity index (χ2v) is 4.80. The fourth-order valence-electron chi connectivity index (χ4n) is 2.36. The van der Waals surface area contributed by atoms with Gasteiger partial charge in [-0.05, 0) is 36.9 Å². The van der Waals surface area contributed by atoms with Crippen molar-refractivity contribution in [3.8, 4) is 0 Å². The minimum absolute atomic E-state index is 0. The van der Waals surface area contributed by atoms with Crippen molar-refractivity contribution in [3.63, 3.8) is 0 Å². The van der Waals surface area contributed by atoms with Crippen LogP contribution in [0.3, 0.4) is 0 Å². The summed E-state index contributed by atoms with van der Waals surface area (Å²) in [4.78, 5) is 10.8. The van der Waals surface area contributed by atoms with Crippen molar-refractivity contribution in [1.82, 2.24) is 5.32 Å². The first-order valence-electron chi connectivity index (χ1n) is 5.98. The molecule has 7 heteroatoms. The Labute approximate surface area is 120 Å². The number of aliphatic carboxylic acids is 1. The molecule has 2 rings (SSSR count). The predicted molar refractivity (Wildman–Crippen MR) is 69.9 cm³/mol. The molecule has 3 nitrogen and oxygen atoms in total. The van der Waals surface area contributed by atoms with E-state index in [9.17, 15) is 18.0 Å². The molecule has 112 valence electrons. The van der Waals surface area contributed by atoms with Gasteiger partial charge in [0, 0.05) is 0 Å². The smallest absolute Gasteiger partial charge is 0.416 e. The second-order valence-electron chi connectivity index (χ2n) is 4.80. The van der Waals surface area contributed by atoms with E-state index in [2.05, 4.69) is 5.32 Å². The van der Waals surface area contributed by atoms with Crippen LogP contribution in [0.25, 0.3) is 0 Å². The van der Waals surface area contributed by atoms with E-state index >= 15 is 0 Å². The number of alkyl halides is 3. The summed E-state index contributed by atoms with van der Waals surface area (Å²) in [5.74, 6) is -0.851. The van der Waals surface area contributed by atoms with Crippen LogP contribution < -0.4 is 5.32 Å². The SMILES string of the molecule is Cl.O=C(O)[C@H]1C[C@@H](Cc2cccc(C(F)(F)F)c2)CN1. The first-order valence-corrected chi connectivity index (χ1v) is 5.98. The predicted octanol–water partition coefficient (Wildman–Crippen LogP) is 2.73. The zero-order chi connectivity index (χ0) is 14.0. The highest BCUT2D eigenvalue weighted by atomic mass is 35.5. The topological polar surface area (TPSA) is 49.3 Å². The summed E-state index contributed by atoms with van der Waals surface area (Å²) in [6.45, 7) is 0.521. The maximum Gasteiger partial charge on any atom is 0.416 e. The van der Waals surface area contributed by atoms with Crippen LogP contribution >= 0.6 is 12.4 Å². The number of hydrogen-bond donors (Lipinski definition) is 2. The van der Waals surface area contributed by atoms with E-state index < -0.39 is 23.8 Å². The van der Waals surface area contributed by atoms with E-state index in [0.717, 1.165) is 12.1 Å². The van der Waals surface area contributed by atoms with Gasteiger partial charge in [-0.2, -0.15) is 13.2 Å². The highest BCUT2D eigenvalue weighted by Gasteiger charge is 2.32. The molecule has 1 aromatic rings. The molecule has 2 atom stereocenters. The van der Waals surface area contributed by atoms with Gasteiger partial charge in [0.15, 0.2) is 0 Å². The first kappa shape index (κ1) is 16.8. The molecule has 1 aliphatic rings. The first-order chi connectivity index (χ1) is 8.86. The molecule has 1 aromatic carbocycles. The molecule has 0 aromatic heterocycles. The number of halogens is 4. The van der Waals surface area contributed by atoms with Gasteiger partial charge in [-0.3, -0.25) is 4.79 Å². The molecule has 0 amide bonds. The van der Waals surface area contributed by atoms with Gasteiger partial charge < -0.3 is 10.4 Å². The van der Waals surface area contributed by atoms with Crippen molar-refractivity contribution in [1.29, 1.82) is 0 Å². The van der Waals surface area contributed by atoms with Gasteiger partial charge in [0.25, 0.3) is 0 Å². The molecule has 0 aliphatic carbocycles. The maximum atomic E-state index is 12.6. The molecular weight excluding hydrogens is 295 g/mol. The largest absolute Gasteiger partial charge is 0.480 e. The van der Waals surface area contributed by atoms with Crippen LogP contribution in [0, 0.1) is 5.92 Å². The summed E-state index contributed by atoms with van der Waals surface area (Å²) in [6.07, 6.45) is -3.43. The third-order valence-electron chi connectivity index (χ3n) is 3.30. The van der Waals surface area contributed by atoms with Crippen molar-refractivity contribution in [2.75, 3.05) is 6.54 Å². The average molecular weight is 310 g/mol. The summed E-state index contributed by atoms with van der Waals surface area (Å²) >= 11 is 0. The highest BCUT2D eigenvalue weighted by Crippen LogP contribution is 2.30. The fraction of sp³-hybridized carbons (Fsp3) is 0.462. The second kappa shape index (κ2) is 6.45. The Balaban J connectivity index is 0.00000200. The zero-order valence-electron chi connectivity index (χ0n) is 10.5. The summed E-state index contributed by atoms with van der Waals surface area (Å²) in [7, 11) is 0. The molecule has 0 radical (unpaired) electrons. The molecule has 0 saturated carbocycles. The van der Waals surface area contributed by atoms with Gasteiger partial charge in [-0.25, -0.2) is 0 Å². The van der Waals surface area contributed by atoms with Crippen LogP contribution in [0.4, 0.5) is 13.2 Å². The van der Waals surface area contributed by atoms with Gasteiger partial charge in [0.2, 0.25) is 0 Å². The van der Waals surface area contributed by atoms with Crippen molar-refractivity contribution < 1.29 is 23.1 Å². The third-order valence-corrected chi connectivity index (χ3v) is 3.30. The molecule has 1 aliphatic heterocycles. The Hall–Kier alpha value is -1.27. The Morgan fingerprint density at radius 3 is 2.65 bits per heavy atom. The minimum Gasteiger partial charge on any atom is -0.480 e. The maximum absolute atomic E-state index is 12.6. The standard InChI is InChI=1S/C13H14F3NO2.ClH/c14-13(15,16)10-3-1-2-8(5-10)4-9-6-11(12(18)19)17-7-9;/h1-3,5,9,11,17H,4,6-7H2,(H,18,19);1H/t9-,11-;/m1./s1. The molecule has 2 N–H and O–H groups in total. The number of carboxylic acid groups (broad SMARTS) is 1. The minimum atomic E-state index is -4.34. The number of hydrogen-bond acceptors (Lipinski definition) is 2. The molecule has 1 saturated heterocycles. The van der Waals surface area contributed by atoms with Crippen LogP contribution in [0.1, 0.15) is 17.5 Å². The summed E-state index contributed by atoms with van der Waals surface area (Å²) < 4.78 is 37.7. The number of benzene rings is 1. The van der Waals surface area contributed by atoms with E-state index in [1.54, 1.807) is 6.07 Å². The number of carboxylic acids is 1. The third kappa shape index (κ3) is 4.11. The van der Waals surface area contributed by atoms with E-state index in [-0.39, 0.29) is 18.3 Å². The lowest BCUT2D eigenvalue weighted by molar-refractivity contribution is -0.139. The van der Waals surface area contributed by atoms with Crippen LogP contribution in [-0.2, 0) is 17.4 Å². The van der Waals surface area contributed by atoms with E-state index in [1.807, 2.05) is 0 Å². The monoisotopic (exact) mass is 309 g/mol. The van der Waals surface area contributed by atoms with Crippen molar-refractivity contribution in [3.05, 3.63) is 35.4 Å². The number of nitrogens with one attached hydrogen (secondary N) is 1. The zero-order valence-corrected chi connectivity index (χ0v) is 11.3. The summed E-state index contributed by atoms with van der Waals surface area (Å²) in [6, 6.07) is 4.61.